The first-order chi connectivity index (χ1) is 10.5. The summed E-state index contributed by atoms with van der Waals surface area (Å²) >= 11 is 3.28. The van der Waals surface area contributed by atoms with Crippen molar-refractivity contribution in [1.82, 2.24) is 4.90 Å². The van der Waals surface area contributed by atoms with E-state index >= 15 is 0 Å². The summed E-state index contributed by atoms with van der Waals surface area (Å²) < 4.78 is 5.26. The number of hydrogen-bond acceptors (Lipinski definition) is 4. The van der Waals surface area contributed by atoms with Crippen LogP contribution in [0.1, 0.15) is 33.6 Å². The molecule has 1 aromatic carbocycles. The van der Waals surface area contributed by atoms with Gasteiger partial charge in [-0.25, -0.2) is 0 Å². The molecule has 1 aromatic rings. The van der Waals surface area contributed by atoms with Crippen molar-refractivity contribution in [3.8, 4) is 0 Å². The molecule has 0 radical (unpaired) electrons. The number of carboxylic acid groups (broad SMARTS) is 1. The standard InChI is InChI=1S/C15H16BrNO5/c1-22-12(11(16)8-13(18)19)6-7-17-14(20)9-4-2-3-5-10(9)15(17)21/h2-5,11-12H,6-8H2,1H3,(H,18,19)/t11-,12+/m1/s1. The number of rotatable bonds is 7. The summed E-state index contributed by atoms with van der Waals surface area (Å²) in [7, 11) is 1.48. The van der Waals surface area contributed by atoms with Gasteiger partial charge in [-0.15, -0.1) is 0 Å². The van der Waals surface area contributed by atoms with Crippen molar-refractivity contribution in [2.75, 3.05) is 13.7 Å². The molecular formula is C15H16BrNO5. The molecule has 2 amide bonds. The quantitative estimate of drug-likeness (QED) is 0.586. The number of methoxy groups -OCH3 is 1. The van der Waals surface area contributed by atoms with Gasteiger partial charge in [0.05, 0.1) is 28.5 Å². The van der Waals surface area contributed by atoms with Crippen molar-refractivity contribution < 1.29 is 24.2 Å². The van der Waals surface area contributed by atoms with Crippen LogP contribution < -0.4 is 0 Å². The van der Waals surface area contributed by atoms with E-state index in [0.717, 1.165) is 0 Å². The number of nitrogens with zero attached hydrogens (tertiary/aromatic N) is 1. The van der Waals surface area contributed by atoms with Crippen LogP contribution in [0.3, 0.4) is 0 Å². The fraction of sp³-hybridized carbons (Fsp3) is 0.400. The molecule has 0 bridgehead atoms. The van der Waals surface area contributed by atoms with Crippen LogP contribution >= 0.6 is 15.9 Å². The van der Waals surface area contributed by atoms with Gasteiger partial charge in [0.25, 0.3) is 11.8 Å². The highest BCUT2D eigenvalue weighted by molar-refractivity contribution is 9.09. The molecule has 118 valence electrons. The van der Waals surface area contributed by atoms with E-state index < -0.39 is 12.1 Å². The molecule has 0 saturated heterocycles. The lowest BCUT2D eigenvalue weighted by Gasteiger charge is -2.22. The van der Waals surface area contributed by atoms with Gasteiger partial charge in [-0.3, -0.25) is 19.3 Å². The number of carbonyl (C=O) groups excluding carboxylic acids is 2. The number of imide groups is 1. The van der Waals surface area contributed by atoms with Gasteiger partial charge in [0.2, 0.25) is 0 Å². The summed E-state index contributed by atoms with van der Waals surface area (Å²) in [5.74, 6) is -1.58. The van der Waals surface area contributed by atoms with Gasteiger partial charge in [-0.1, -0.05) is 28.1 Å². The van der Waals surface area contributed by atoms with E-state index in [1.807, 2.05) is 0 Å². The Morgan fingerprint density at radius 3 is 2.27 bits per heavy atom. The number of benzene rings is 1. The first-order valence-electron chi connectivity index (χ1n) is 6.79. The van der Waals surface area contributed by atoms with E-state index in [1.54, 1.807) is 24.3 Å². The highest BCUT2D eigenvalue weighted by Gasteiger charge is 2.35. The number of halogens is 1. The second kappa shape index (κ2) is 7.02. The second-order valence-corrected chi connectivity index (χ2v) is 6.16. The molecule has 7 heteroatoms. The average molecular weight is 370 g/mol. The molecule has 6 nitrogen and oxygen atoms in total. The maximum atomic E-state index is 12.2. The Hall–Kier alpha value is -1.73. The number of amides is 2. The first-order valence-corrected chi connectivity index (χ1v) is 7.71. The number of fused-ring (bicyclic) bond motifs is 1. The smallest absolute Gasteiger partial charge is 0.304 e. The van der Waals surface area contributed by atoms with Crippen molar-refractivity contribution in [3.63, 3.8) is 0 Å². The van der Waals surface area contributed by atoms with Crippen molar-refractivity contribution in [3.05, 3.63) is 35.4 Å². The molecule has 0 unspecified atom stereocenters. The van der Waals surface area contributed by atoms with Crippen molar-refractivity contribution in [1.29, 1.82) is 0 Å². The molecule has 0 aromatic heterocycles. The van der Waals surface area contributed by atoms with E-state index in [2.05, 4.69) is 15.9 Å². The largest absolute Gasteiger partial charge is 0.481 e. The summed E-state index contributed by atoms with van der Waals surface area (Å²) in [6.45, 7) is 0.187. The van der Waals surface area contributed by atoms with E-state index in [0.29, 0.717) is 17.5 Å². The number of ether oxygens (including phenoxy) is 1. The Morgan fingerprint density at radius 2 is 1.82 bits per heavy atom. The first kappa shape index (κ1) is 16.6. The normalized spacial score (nSPS) is 16.5. The minimum absolute atomic E-state index is 0.0966. The Kier molecular flexibility index (Phi) is 5.31. The lowest BCUT2D eigenvalue weighted by Crippen LogP contribution is -2.35. The van der Waals surface area contributed by atoms with Crippen LogP contribution in [0.25, 0.3) is 0 Å². The van der Waals surface area contributed by atoms with Gasteiger partial charge in [-0.05, 0) is 18.6 Å². The molecule has 22 heavy (non-hydrogen) atoms. The zero-order valence-corrected chi connectivity index (χ0v) is 13.6. The fourth-order valence-electron chi connectivity index (χ4n) is 2.44. The highest BCUT2D eigenvalue weighted by atomic mass is 79.9. The molecule has 0 saturated carbocycles. The summed E-state index contributed by atoms with van der Waals surface area (Å²) in [5.41, 5.74) is 0.810. The summed E-state index contributed by atoms with van der Waals surface area (Å²) in [5, 5.41) is 8.81. The monoisotopic (exact) mass is 369 g/mol. The van der Waals surface area contributed by atoms with Crippen LogP contribution in [0, 0.1) is 0 Å². The van der Waals surface area contributed by atoms with Gasteiger partial charge in [-0.2, -0.15) is 0 Å². The molecule has 0 fully saturated rings. The minimum atomic E-state index is -0.940. The van der Waals surface area contributed by atoms with Gasteiger partial charge in [0, 0.05) is 13.7 Å². The Labute approximate surface area is 136 Å². The highest BCUT2D eigenvalue weighted by Crippen LogP contribution is 2.24. The molecule has 0 aliphatic carbocycles. The third-order valence-electron chi connectivity index (χ3n) is 3.59. The predicted molar refractivity (Wildman–Crippen MR) is 82.2 cm³/mol. The Bertz CT molecular complexity index is 568. The van der Waals surface area contributed by atoms with Crippen molar-refractivity contribution in [2.24, 2.45) is 0 Å². The second-order valence-electron chi connectivity index (χ2n) is 4.98. The zero-order chi connectivity index (χ0) is 16.3. The Morgan fingerprint density at radius 1 is 1.27 bits per heavy atom. The van der Waals surface area contributed by atoms with E-state index in [-0.39, 0.29) is 29.6 Å². The van der Waals surface area contributed by atoms with Crippen molar-refractivity contribution in [2.45, 2.75) is 23.8 Å². The van der Waals surface area contributed by atoms with Gasteiger partial charge >= 0.3 is 5.97 Å². The van der Waals surface area contributed by atoms with Crippen LogP contribution in [-0.2, 0) is 9.53 Å². The summed E-state index contributed by atoms with van der Waals surface area (Å²) in [6.07, 6.45) is -0.133. The van der Waals surface area contributed by atoms with E-state index in [9.17, 15) is 14.4 Å². The molecule has 1 N–H and O–H groups in total. The third-order valence-corrected chi connectivity index (χ3v) is 4.50. The lowest BCUT2D eigenvalue weighted by atomic mass is 10.1. The van der Waals surface area contributed by atoms with Gasteiger partial charge in [0.15, 0.2) is 0 Å². The molecule has 1 aliphatic heterocycles. The minimum Gasteiger partial charge on any atom is -0.481 e. The summed E-state index contributed by atoms with van der Waals surface area (Å²) in [6, 6.07) is 6.68. The van der Waals surface area contributed by atoms with E-state index in [1.165, 1.54) is 12.0 Å². The molecule has 0 spiro atoms. The molecule has 2 rings (SSSR count). The third kappa shape index (κ3) is 3.36. The number of hydrogen-bond donors (Lipinski definition) is 1. The maximum absolute atomic E-state index is 12.2. The van der Waals surface area contributed by atoms with Crippen LogP contribution in [0.4, 0.5) is 0 Å². The number of carbonyl (C=O) groups is 3. The molecular weight excluding hydrogens is 354 g/mol. The van der Waals surface area contributed by atoms with Gasteiger partial charge < -0.3 is 9.84 Å². The number of alkyl halides is 1. The van der Waals surface area contributed by atoms with Crippen LogP contribution in [-0.4, -0.2) is 52.4 Å². The lowest BCUT2D eigenvalue weighted by molar-refractivity contribution is -0.137. The number of carboxylic acids is 1. The SMILES string of the molecule is CO[C@@H](CCN1C(=O)c2ccccc2C1=O)[C@H](Br)CC(=O)O. The van der Waals surface area contributed by atoms with E-state index in [4.69, 9.17) is 9.84 Å². The maximum Gasteiger partial charge on any atom is 0.304 e. The molecule has 1 heterocycles. The Balaban J connectivity index is 2.01. The average Bonchev–Trinajstić information content (AvgIpc) is 2.72. The molecule has 1 aliphatic rings. The van der Waals surface area contributed by atoms with Gasteiger partial charge in [0.1, 0.15) is 0 Å². The van der Waals surface area contributed by atoms with Crippen LogP contribution in [0.2, 0.25) is 0 Å². The predicted octanol–water partition coefficient (Wildman–Crippen LogP) is 1.93. The zero-order valence-electron chi connectivity index (χ0n) is 12.0. The van der Waals surface area contributed by atoms with Crippen LogP contribution in [0.15, 0.2) is 24.3 Å². The fourth-order valence-corrected chi connectivity index (χ4v) is 3.20. The van der Waals surface area contributed by atoms with Crippen LogP contribution in [0.5, 0.6) is 0 Å². The molecule has 2 atom stereocenters. The topological polar surface area (TPSA) is 83.9 Å². The summed E-state index contributed by atoms with van der Waals surface area (Å²) in [4.78, 5) is 36.0. The number of aliphatic carboxylic acids is 1. The van der Waals surface area contributed by atoms with Crippen molar-refractivity contribution >= 4 is 33.7 Å².